The SMILES string of the molecule is CCCN1CCC(NC(=NC)NCCc2ccc(NC(C)=O)cc2)CC1. The zero-order valence-corrected chi connectivity index (χ0v) is 16.3. The van der Waals surface area contributed by atoms with Gasteiger partial charge < -0.3 is 20.9 Å². The van der Waals surface area contributed by atoms with Crippen molar-refractivity contribution in [2.75, 3.05) is 38.5 Å². The molecule has 1 amide bonds. The van der Waals surface area contributed by atoms with Gasteiger partial charge in [-0.05, 0) is 49.9 Å². The number of carbonyl (C=O) groups is 1. The summed E-state index contributed by atoms with van der Waals surface area (Å²) < 4.78 is 0. The van der Waals surface area contributed by atoms with E-state index < -0.39 is 0 Å². The Morgan fingerprint density at radius 1 is 1.23 bits per heavy atom. The number of likely N-dealkylation sites (tertiary alicyclic amines) is 1. The highest BCUT2D eigenvalue weighted by molar-refractivity contribution is 5.88. The zero-order valence-electron chi connectivity index (χ0n) is 16.3. The second kappa shape index (κ2) is 10.8. The molecule has 26 heavy (non-hydrogen) atoms. The van der Waals surface area contributed by atoms with Gasteiger partial charge in [-0.1, -0.05) is 19.1 Å². The molecule has 0 bridgehead atoms. The number of rotatable bonds is 7. The van der Waals surface area contributed by atoms with Gasteiger partial charge in [0.05, 0.1) is 0 Å². The molecule has 1 fully saturated rings. The Balaban J connectivity index is 1.69. The maximum Gasteiger partial charge on any atom is 0.221 e. The average molecular weight is 360 g/mol. The number of anilines is 1. The van der Waals surface area contributed by atoms with Crippen LogP contribution in [0.3, 0.4) is 0 Å². The minimum atomic E-state index is -0.0465. The largest absolute Gasteiger partial charge is 0.356 e. The number of benzene rings is 1. The van der Waals surface area contributed by atoms with Crippen molar-refractivity contribution in [3.63, 3.8) is 0 Å². The van der Waals surface area contributed by atoms with Gasteiger partial charge in [0.15, 0.2) is 5.96 Å². The lowest BCUT2D eigenvalue weighted by Gasteiger charge is -2.32. The molecule has 1 aromatic rings. The molecule has 0 aromatic heterocycles. The van der Waals surface area contributed by atoms with E-state index in [0.717, 1.165) is 24.6 Å². The van der Waals surface area contributed by atoms with Crippen molar-refractivity contribution in [2.45, 2.75) is 45.6 Å². The molecule has 144 valence electrons. The first kappa shape index (κ1) is 20.2. The van der Waals surface area contributed by atoms with Crippen LogP contribution in [0.1, 0.15) is 38.7 Å². The van der Waals surface area contributed by atoms with Crippen LogP contribution in [-0.2, 0) is 11.2 Å². The fourth-order valence-corrected chi connectivity index (χ4v) is 3.29. The molecular weight excluding hydrogens is 326 g/mol. The highest BCUT2D eigenvalue weighted by atomic mass is 16.1. The summed E-state index contributed by atoms with van der Waals surface area (Å²) in [6, 6.07) is 8.48. The highest BCUT2D eigenvalue weighted by Gasteiger charge is 2.19. The van der Waals surface area contributed by atoms with Crippen LogP contribution in [0, 0.1) is 0 Å². The van der Waals surface area contributed by atoms with Crippen molar-refractivity contribution in [3.8, 4) is 0 Å². The van der Waals surface area contributed by atoms with Gasteiger partial charge in [0, 0.05) is 45.3 Å². The van der Waals surface area contributed by atoms with Crippen molar-refractivity contribution in [2.24, 2.45) is 4.99 Å². The van der Waals surface area contributed by atoms with Crippen LogP contribution in [0.25, 0.3) is 0 Å². The summed E-state index contributed by atoms with van der Waals surface area (Å²) in [5.41, 5.74) is 2.07. The Hall–Kier alpha value is -2.08. The van der Waals surface area contributed by atoms with E-state index in [1.54, 1.807) is 0 Å². The average Bonchev–Trinajstić information content (AvgIpc) is 2.63. The van der Waals surface area contributed by atoms with E-state index in [0.29, 0.717) is 6.04 Å². The van der Waals surface area contributed by atoms with E-state index in [2.05, 4.69) is 32.8 Å². The molecular formula is C20H33N5O. The normalized spacial score (nSPS) is 16.3. The second-order valence-electron chi connectivity index (χ2n) is 6.89. The molecule has 6 heteroatoms. The predicted molar refractivity (Wildman–Crippen MR) is 109 cm³/mol. The number of aliphatic imine (C=N–C) groups is 1. The van der Waals surface area contributed by atoms with Crippen LogP contribution in [0.2, 0.25) is 0 Å². The fourth-order valence-electron chi connectivity index (χ4n) is 3.29. The van der Waals surface area contributed by atoms with E-state index in [1.165, 1.54) is 51.4 Å². The smallest absolute Gasteiger partial charge is 0.221 e. The Labute approximate surface area is 157 Å². The van der Waals surface area contributed by atoms with Gasteiger partial charge in [-0.3, -0.25) is 9.79 Å². The van der Waals surface area contributed by atoms with Gasteiger partial charge in [0.25, 0.3) is 0 Å². The molecule has 0 radical (unpaired) electrons. The Bertz CT molecular complexity index is 576. The minimum absolute atomic E-state index is 0.0465. The van der Waals surface area contributed by atoms with E-state index >= 15 is 0 Å². The third-order valence-corrected chi connectivity index (χ3v) is 4.67. The van der Waals surface area contributed by atoms with Crippen molar-refractivity contribution < 1.29 is 4.79 Å². The summed E-state index contributed by atoms with van der Waals surface area (Å²) in [6.07, 6.45) is 4.49. The lowest BCUT2D eigenvalue weighted by molar-refractivity contribution is -0.114. The molecule has 1 saturated heterocycles. The molecule has 0 aliphatic carbocycles. The summed E-state index contributed by atoms with van der Waals surface area (Å²) in [5.74, 6) is 0.837. The number of amides is 1. The first-order valence-electron chi connectivity index (χ1n) is 9.66. The quantitative estimate of drug-likeness (QED) is 0.516. The summed E-state index contributed by atoms with van der Waals surface area (Å²) >= 11 is 0. The summed E-state index contributed by atoms with van der Waals surface area (Å²) in [5, 5.41) is 9.74. The van der Waals surface area contributed by atoms with Crippen molar-refractivity contribution in [1.29, 1.82) is 0 Å². The summed E-state index contributed by atoms with van der Waals surface area (Å²) in [6.45, 7) is 8.13. The van der Waals surface area contributed by atoms with E-state index in [4.69, 9.17) is 0 Å². The second-order valence-corrected chi connectivity index (χ2v) is 6.89. The van der Waals surface area contributed by atoms with Crippen LogP contribution in [-0.4, -0.2) is 56.0 Å². The molecule has 1 aliphatic heterocycles. The Morgan fingerprint density at radius 3 is 2.50 bits per heavy atom. The van der Waals surface area contributed by atoms with Crippen molar-refractivity contribution in [3.05, 3.63) is 29.8 Å². The van der Waals surface area contributed by atoms with Crippen molar-refractivity contribution in [1.82, 2.24) is 15.5 Å². The van der Waals surface area contributed by atoms with Gasteiger partial charge in [0.1, 0.15) is 0 Å². The van der Waals surface area contributed by atoms with Crippen LogP contribution in [0.5, 0.6) is 0 Å². The number of nitrogens with one attached hydrogen (secondary N) is 3. The molecule has 1 aliphatic rings. The lowest BCUT2D eigenvalue weighted by Crippen LogP contribution is -2.49. The van der Waals surface area contributed by atoms with Gasteiger partial charge >= 0.3 is 0 Å². The van der Waals surface area contributed by atoms with Gasteiger partial charge in [0.2, 0.25) is 5.91 Å². The molecule has 3 N–H and O–H groups in total. The maximum absolute atomic E-state index is 11.0. The van der Waals surface area contributed by atoms with Crippen molar-refractivity contribution >= 4 is 17.6 Å². The van der Waals surface area contributed by atoms with E-state index in [9.17, 15) is 4.79 Å². The molecule has 6 nitrogen and oxygen atoms in total. The number of hydrogen-bond acceptors (Lipinski definition) is 3. The predicted octanol–water partition coefficient (Wildman–Crippen LogP) is 2.23. The lowest BCUT2D eigenvalue weighted by atomic mass is 10.1. The maximum atomic E-state index is 11.0. The number of guanidine groups is 1. The molecule has 2 rings (SSSR count). The van der Waals surface area contributed by atoms with Crippen LogP contribution in [0.15, 0.2) is 29.3 Å². The van der Waals surface area contributed by atoms with Gasteiger partial charge in [-0.25, -0.2) is 0 Å². The molecule has 0 spiro atoms. The molecule has 1 heterocycles. The Kier molecular flexibility index (Phi) is 8.41. The monoisotopic (exact) mass is 359 g/mol. The minimum Gasteiger partial charge on any atom is -0.356 e. The molecule has 1 aromatic carbocycles. The topological polar surface area (TPSA) is 68.8 Å². The molecule has 0 unspecified atom stereocenters. The van der Waals surface area contributed by atoms with Crippen LogP contribution in [0.4, 0.5) is 5.69 Å². The van der Waals surface area contributed by atoms with Crippen LogP contribution >= 0.6 is 0 Å². The van der Waals surface area contributed by atoms with E-state index in [1.807, 2.05) is 31.3 Å². The Morgan fingerprint density at radius 2 is 1.92 bits per heavy atom. The third kappa shape index (κ3) is 7.04. The first-order chi connectivity index (χ1) is 12.6. The van der Waals surface area contributed by atoms with E-state index in [-0.39, 0.29) is 5.91 Å². The van der Waals surface area contributed by atoms with Gasteiger partial charge in [-0.15, -0.1) is 0 Å². The van der Waals surface area contributed by atoms with Crippen LogP contribution < -0.4 is 16.0 Å². The number of nitrogens with zero attached hydrogens (tertiary/aromatic N) is 2. The molecule has 0 atom stereocenters. The molecule has 0 saturated carbocycles. The highest BCUT2D eigenvalue weighted by Crippen LogP contribution is 2.11. The summed E-state index contributed by atoms with van der Waals surface area (Å²) in [4.78, 5) is 17.9. The zero-order chi connectivity index (χ0) is 18.8. The summed E-state index contributed by atoms with van der Waals surface area (Å²) in [7, 11) is 1.82. The standard InChI is InChI=1S/C20H33N5O/c1-4-13-25-14-10-19(11-15-25)24-20(21-3)22-12-9-17-5-7-18(8-6-17)23-16(2)26/h5-8,19H,4,9-15H2,1-3H3,(H,23,26)(H2,21,22,24). The number of carbonyl (C=O) groups excluding carboxylic acids is 1. The fraction of sp³-hybridized carbons (Fsp3) is 0.600. The number of piperidine rings is 1. The first-order valence-corrected chi connectivity index (χ1v) is 9.66. The number of hydrogen-bond donors (Lipinski definition) is 3. The third-order valence-electron chi connectivity index (χ3n) is 4.67. The van der Waals surface area contributed by atoms with Gasteiger partial charge in [-0.2, -0.15) is 0 Å².